The van der Waals surface area contributed by atoms with Gasteiger partial charge in [0.1, 0.15) is 6.04 Å². The number of carboxylic acid groups (broad SMARTS) is 1. The fraction of sp³-hybridized carbons (Fsp3) is 0.333. The van der Waals surface area contributed by atoms with Crippen molar-refractivity contribution in [3.63, 3.8) is 0 Å². The third-order valence-electron chi connectivity index (χ3n) is 3.11. The Balaban J connectivity index is 2.13. The van der Waals surface area contributed by atoms with Crippen LogP contribution in [-0.2, 0) is 16.1 Å². The monoisotopic (exact) mass is 264 g/mol. The molecule has 0 saturated carbocycles. The van der Waals surface area contributed by atoms with E-state index in [2.05, 4.69) is 0 Å². The second-order valence-corrected chi connectivity index (χ2v) is 4.34. The number of amides is 1. The van der Waals surface area contributed by atoms with E-state index in [4.69, 9.17) is 5.11 Å². The van der Waals surface area contributed by atoms with Crippen LogP contribution in [-0.4, -0.2) is 32.8 Å². The van der Waals surface area contributed by atoms with Crippen molar-refractivity contribution in [3.8, 4) is 0 Å². The molecule has 1 aromatic carbocycles. The average Bonchev–Trinajstić information content (AvgIpc) is 2.72. The number of rotatable bonds is 4. The number of hydrogen-bond acceptors (Lipinski definition) is 4. The molecule has 1 aromatic rings. The van der Waals surface area contributed by atoms with Crippen molar-refractivity contribution in [2.24, 2.45) is 0 Å². The van der Waals surface area contributed by atoms with Crippen LogP contribution in [0.4, 0.5) is 5.69 Å². The molecule has 1 saturated heterocycles. The molecule has 0 spiro atoms. The molecule has 1 N–H and O–H groups in total. The van der Waals surface area contributed by atoms with Gasteiger partial charge >= 0.3 is 5.97 Å². The molecule has 7 nitrogen and oxygen atoms in total. The third-order valence-corrected chi connectivity index (χ3v) is 3.11. The molecule has 19 heavy (non-hydrogen) atoms. The lowest BCUT2D eigenvalue weighted by Gasteiger charge is -2.21. The minimum atomic E-state index is -1.02. The normalized spacial score (nSPS) is 18.6. The quantitative estimate of drug-likeness (QED) is 0.649. The third kappa shape index (κ3) is 2.70. The Bertz CT molecular complexity index is 525. The van der Waals surface area contributed by atoms with Crippen LogP contribution in [0.15, 0.2) is 24.3 Å². The van der Waals surface area contributed by atoms with E-state index in [0.29, 0.717) is 12.0 Å². The van der Waals surface area contributed by atoms with Crippen LogP contribution in [0.1, 0.15) is 18.4 Å². The summed E-state index contributed by atoms with van der Waals surface area (Å²) in [4.78, 5) is 33.9. The first kappa shape index (κ1) is 13.0. The molecule has 100 valence electrons. The summed E-state index contributed by atoms with van der Waals surface area (Å²) in [7, 11) is 0. The molecule has 0 aromatic heterocycles. The lowest BCUT2D eigenvalue weighted by atomic mass is 10.1. The Morgan fingerprint density at radius 3 is 2.58 bits per heavy atom. The molecule has 0 radical (unpaired) electrons. The Hall–Kier alpha value is -2.44. The summed E-state index contributed by atoms with van der Waals surface area (Å²) in [6, 6.07) is 4.94. The largest absolute Gasteiger partial charge is 0.480 e. The Morgan fingerprint density at radius 2 is 2.05 bits per heavy atom. The summed E-state index contributed by atoms with van der Waals surface area (Å²) in [6.45, 7) is 0.161. The van der Waals surface area contributed by atoms with Crippen molar-refractivity contribution in [2.75, 3.05) is 0 Å². The molecule has 1 aliphatic heterocycles. The highest BCUT2D eigenvalue weighted by Gasteiger charge is 2.35. The number of likely N-dealkylation sites (tertiary alicyclic amines) is 1. The minimum Gasteiger partial charge on any atom is -0.480 e. The first-order chi connectivity index (χ1) is 8.99. The Labute approximate surface area is 108 Å². The van der Waals surface area contributed by atoms with Crippen LogP contribution in [0.25, 0.3) is 0 Å². The van der Waals surface area contributed by atoms with Crippen LogP contribution in [0.2, 0.25) is 0 Å². The van der Waals surface area contributed by atoms with E-state index in [0.717, 1.165) is 0 Å². The summed E-state index contributed by atoms with van der Waals surface area (Å²) < 4.78 is 0. The van der Waals surface area contributed by atoms with Gasteiger partial charge in [0.25, 0.3) is 5.69 Å². The first-order valence-corrected chi connectivity index (χ1v) is 5.74. The van der Waals surface area contributed by atoms with Gasteiger partial charge in [-0.05, 0) is 12.0 Å². The van der Waals surface area contributed by atoms with E-state index in [1.165, 1.54) is 29.2 Å². The van der Waals surface area contributed by atoms with Crippen molar-refractivity contribution in [3.05, 3.63) is 39.9 Å². The van der Waals surface area contributed by atoms with E-state index in [9.17, 15) is 19.7 Å². The van der Waals surface area contributed by atoms with Crippen LogP contribution < -0.4 is 0 Å². The fourth-order valence-electron chi connectivity index (χ4n) is 2.11. The van der Waals surface area contributed by atoms with Crippen molar-refractivity contribution in [2.45, 2.75) is 25.4 Å². The predicted molar refractivity (Wildman–Crippen MR) is 64.3 cm³/mol. The summed E-state index contributed by atoms with van der Waals surface area (Å²) in [5.74, 6) is -1.22. The number of carbonyl (C=O) groups is 2. The molecule has 0 aliphatic carbocycles. The molecule has 1 atom stereocenters. The minimum absolute atomic E-state index is 0.0358. The van der Waals surface area contributed by atoms with Gasteiger partial charge in [-0.3, -0.25) is 14.9 Å². The summed E-state index contributed by atoms with van der Waals surface area (Å²) in [5.41, 5.74) is 0.637. The highest BCUT2D eigenvalue weighted by Crippen LogP contribution is 2.22. The van der Waals surface area contributed by atoms with E-state index in [-0.39, 0.29) is 24.6 Å². The van der Waals surface area contributed by atoms with Gasteiger partial charge in [0.15, 0.2) is 0 Å². The van der Waals surface area contributed by atoms with Crippen LogP contribution in [0.5, 0.6) is 0 Å². The van der Waals surface area contributed by atoms with Gasteiger partial charge in [0, 0.05) is 25.1 Å². The Morgan fingerprint density at radius 1 is 1.42 bits per heavy atom. The van der Waals surface area contributed by atoms with Gasteiger partial charge in [0.2, 0.25) is 5.91 Å². The molecule has 2 rings (SSSR count). The van der Waals surface area contributed by atoms with Gasteiger partial charge in [-0.2, -0.15) is 0 Å². The number of aliphatic carboxylic acids is 1. The standard InChI is InChI=1S/C12H12N2O5/c15-11-6-5-10(12(16)17)13(11)7-8-1-3-9(4-2-8)14(18)19/h1-4,10H,5-7H2,(H,16,17). The lowest BCUT2D eigenvalue weighted by Crippen LogP contribution is -2.37. The lowest BCUT2D eigenvalue weighted by molar-refractivity contribution is -0.384. The first-order valence-electron chi connectivity index (χ1n) is 5.74. The van der Waals surface area contributed by atoms with Crippen molar-refractivity contribution < 1.29 is 19.6 Å². The highest BCUT2D eigenvalue weighted by atomic mass is 16.6. The highest BCUT2D eigenvalue weighted by molar-refractivity contribution is 5.87. The number of carbonyl (C=O) groups excluding carboxylic acids is 1. The SMILES string of the molecule is O=C(O)C1CCC(=O)N1Cc1ccc([N+](=O)[O-])cc1. The number of nitro groups is 1. The van der Waals surface area contributed by atoms with E-state index < -0.39 is 16.9 Å². The van der Waals surface area contributed by atoms with Crippen molar-refractivity contribution >= 4 is 17.6 Å². The zero-order chi connectivity index (χ0) is 14.0. The number of nitro benzene ring substituents is 1. The van der Waals surface area contributed by atoms with E-state index >= 15 is 0 Å². The summed E-state index contributed by atoms with van der Waals surface area (Å²) in [5, 5.41) is 19.5. The second kappa shape index (κ2) is 5.05. The van der Waals surface area contributed by atoms with Crippen molar-refractivity contribution in [1.82, 2.24) is 4.90 Å². The van der Waals surface area contributed by atoms with Gasteiger partial charge in [0.05, 0.1) is 4.92 Å². The molecule has 1 fully saturated rings. The molecule has 1 aliphatic rings. The number of hydrogen-bond donors (Lipinski definition) is 1. The smallest absolute Gasteiger partial charge is 0.326 e. The van der Waals surface area contributed by atoms with Crippen LogP contribution in [0.3, 0.4) is 0 Å². The second-order valence-electron chi connectivity index (χ2n) is 4.34. The number of carboxylic acids is 1. The molecule has 1 amide bonds. The van der Waals surface area contributed by atoms with Crippen LogP contribution >= 0.6 is 0 Å². The molecule has 1 heterocycles. The number of nitrogens with zero attached hydrogens (tertiary/aromatic N) is 2. The maximum atomic E-state index is 11.6. The number of benzene rings is 1. The topological polar surface area (TPSA) is 101 Å². The summed E-state index contributed by atoms with van der Waals surface area (Å²) in [6.07, 6.45) is 0.533. The zero-order valence-electron chi connectivity index (χ0n) is 9.98. The maximum Gasteiger partial charge on any atom is 0.326 e. The maximum absolute atomic E-state index is 11.6. The van der Waals surface area contributed by atoms with Gasteiger partial charge in [-0.1, -0.05) is 12.1 Å². The van der Waals surface area contributed by atoms with Gasteiger partial charge in [-0.15, -0.1) is 0 Å². The predicted octanol–water partition coefficient (Wildman–Crippen LogP) is 1.17. The molecular formula is C12H12N2O5. The molecule has 0 bridgehead atoms. The van der Waals surface area contributed by atoms with E-state index in [1.807, 2.05) is 0 Å². The average molecular weight is 264 g/mol. The van der Waals surface area contributed by atoms with Gasteiger partial charge in [-0.25, -0.2) is 4.79 Å². The van der Waals surface area contributed by atoms with E-state index in [1.54, 1.807) is 0 Å². The van der Waals surface area contributed by atoms with Gasteiger partial charge < -0.3 is 10.0 Å². The fourth-order valence-corrected chi connectivity index (χ4v) is 2.11. The zero-order valence-corrected chi connectivity index (χ0v) is 9.98. The number of non-ortho nitro benzene ring substituents is 1. The molecule has 1 unspecified atom stereocenters. The molecular weight excluding hydrogens is 252 g/mol. The molecule has 7 heteroatoms. The van der Waals surface area contributed by atoms with Crippen LogP contribution in [0, 0.1) is 10.1 Å². The Kier molecular flexibility index (Phi) is 3.46. The summed E-state index contributed by atoms with van der Waals surface area (Å²) >= 11 is 0. The van der Waals surface area contributed by atoms with Crippen molar-refractivity contribution in [1.29, 1.82) is 0 Å².